The first-order valence-electron chi connectivity index (χ1n) is 6.42. The predicted molar refractivity (Wildman–Crippen MR) is 81.4 cm³/mol. The average molecular weight is 268 g/mol. The molecular weight excluding hydrogens is 252 g/mol. The molecule has 0 aliphatic carbocycles. The minimum Gasteiger partial charge on any atom is -0.327 e. The quantitative estimate of drug-likeness (QED) is 0.787. The van der Waals surface area contributed by atoms with Gasteiger partial charge in [0.2, 0.25) is 0 Å². The summed E-state index contributed by atoms with van der Waals surface area (Å²) in [5, 5.41) is 2.59. The maximum Gasteiger partial charge on any atom is 0.0794 e. The number of hydrogen-bond acceptors (Lipinski definition) is 3. The highest BCUT2D eigenvalue weighted by atomic mass is 32.1. The van der Waals surface area contributed by atoms with Crippen molar-refractivity contribution in [3.8, 4) is 0 Å². The summed E-state index contributed by atoms with van der Waals surface area (Å²) in [5.41, 5.74) is 9.46. The molecule has 2 nitrogen and oxygen atoms in total. The zero-order chi connectivity index (χ0) is 13.1. The molecular formula is C16H16N2S. The second-order valence-electron chi connectivity index (χ2n) is 4.77. The van der Waals surface area contributed by atoms with E-state index in [4.69, 9.17) is 5.73 Å². The molecule has 3 rings (SSSR count). The fraction of sp³-hybridized carbons (Fsp3) is 0.188. The summed E-state index contributed by atoms with van der Waals surface area (Å²) in [7, 11) is 0. The van der Waals surface area contributed by atoms with Crippen LogP contribution in [0.5, 0.6) is 0 Å². The van der Waals surface area contributed by atoms with Gasteiger partial charge in [-0.2, -0.15) is 0 Å². The SMILES string of the molecule is NC(Cc1cncs1)Cc1cccc2ccccc12. The Bertz CT molecular complexity index is 656. The highest BCUT2D eigenvalue weighted by Gasteiger charge is 2.08. The van der Waals surface area contributed by atoms with Crippen LogP contribution in [0, 0.1) is 0 Å². The number of benzene rings is 2. The highest BCUT2D eigenvalue weighted by Crippen LogP contribution is 2.20. The Morgan fingerprint density at radius 1 is 1.05 bits per heavy atom. The molecule has 0 bridgehead atoms. The summed E-state index contributed by atoms with van der Waals surface area (Å²) < 4.78 is 0. The van der Waals surface area contributed by atoms with Gasteiger partial charge in [-0.25, -0.2) is 0 Å². The number of thiazole rings is 1. The second-order valence-corrected chi connectivity index (χ2v) is 5.75. The Morgan fingerprint density at radius 2 is 1.89 bits per heavy atom. The predicted octanol–water partition coefficient (Wildman–Crippen LogP) is 3.41. The van der Waals surface area contributed by atoms with E-state index in [2.05, 4.69) is 47.4 Å². The van der Waals surface area contributed by atoms with Crippen molar-refractivity contribution in [1.82, 2.24) is 4.98 Å². The Kier molecular flexibility index (Phi) is 3.58. The van der Waals surface area contributed by atoms with Gasteiger partial charge in [-0.05, 0) is 29.2 Å². The lowest BCUT2D eigenvalue weighted by atomic mass is 9.98. The topological polar surface area (TPSA) is 38.9 Å². The van der Waals surface area contributed by atoms with E-state index in [1.807, 2.05) is 11.7 Å². The number of aromatic nitrogens is 1. The fourth-order valence-electron chi connectivity index (χ4n) is 2.43. The zero-order valence-corrected chi connectivity index (χ0v) is 11.4. The third-order valence-electron chi connectivity index (χ3n) is 3.31. The van der Waals surface area contributed by atoms with Crippen LogP contribution >= 0.6 is 11.3 Å². The first-order chi connectivity index (χ1) is 9.33. The number of nitrogens with zero attached hydrogens (tertiary/aromatic N) is 1. The lowest BCUT2D eigenvalue weighted by Gasteiger charge is -2.12. The molecule has 0 fully saturated rings. The van der Waals surface area contributed by atoms with Gasteiger partial charge >= 0.3 is 0 Å². The standard InChI is InChI=1S/C16H16N2S/c17-14(9-15-10-18-11-19-15)8-13-6-3-5-12-4-1-2-7-16(12)13/h1-7,10-11,14H,8-9,17H2. The summed E-state index contributed by atoms with van der Waals surface area (Å²) in [6, 6.07) is 15.0. The van der Waals surface area contributed by atoms with Crippen molar-refractivity contribution in [1.29, 1.82) is 0 Å². The number of hydrogen-bond donors (Lipinski definition) is 1. The van der Waals surface area contributed by atoms with Crippen LogP contribution in [-0.4, -0.2) is 11.0 Å². The molecule has 0 aliphatic rings. The summed E-state index contributed by atoms with van der Waals surface area (Å²) in [5.74, 6) is 0. The van der Waals surface area contributed by atoms with E-state index in [0.717, 1.165) is 12.8 Å². The molecule has 96 valence electrons. The minimum atomic E-state index is 0.145. The van der Waals surface area contributed by atoms with Gasteiger partial charge in [0.25, 0.3) is 0 Å². The van der Waals surface area contributed by atoms with Crippen molar-refractivity contribution in [2.75, 3.05) is 0 Å². The molecule has 19 heavy (non-hydrogen) atoms. The number of rotatable bonds is 4. The van der Waals surface area contributed by atoms with Crippen molar-refractivity contribution in [3.63, 3.8) is 0 Å². The van der Waals surface area contributed by atoms with E-state index < -0.39 is 0 Å². The fourth-order valence-corrected chi connectivity index (χ4v) is 3.12. The molecule has 0 saturated heterocycles. The van der Waals surface area contributed by atoms with Crippen molar-refractivity contribution in [2.45, 2.75) is 18.9 Å². The molecule has 2 aromatic carbocycles. The molecule has 3 heteroatoms. The summed E-state index contributed by atoms with van der Waals surface area (Å²) in [6.07, 6.45) is 3.71. The van der Waals surface area contributed by atoms with Gasteiger partial charge in [0.1, 0.15) is 0 Å². The van der Waals surface area contributed by atoms with E-state index in [-0.39, 0.29) is 6.04 Å². The van der Waals surface area contributed by atoms with Gasteiger partial charge in [0, 0.05) is 17.1 Å². The Morgan fingerprint density at radius 3 is 2.74 bits per heavy atom. The maximum absolute atomic E-state index is 6.27. The molecule has 1 unspecified atom stereocenters. The van der Waals surface area contributed by atoms with Gasteiger partial charge < -0.3 is 5.73 Å². The van der Waals surface area contributed by atoms with Gasteiger partial charge in [-0.3, -0.25) is 4.98 Å². The van der Waals surface area contributed by atoms with Gasteiger partial charge in [-0.1, -0.05) is 42.5 Å². The van der Waals surface area contributed by atoms with Crippen LogP contribution in [-0.2, 0) is 12.8 Å². The van der Waals surface area contributed by atoms with Gasteiger partial charge in [0.15, 0.2) is 0 Å². The van der Waals surface area contributed by atoms with Crippen LogP contribution in [0.2, 0.25) is 0 Å². The number of fused-ring (bicyclic) bond motifs is 1. The van der Waals surface area contributed by atoms with E-state index in [1.54, 1.807) is 11.3 Å². The molecule has 2 N–H and O–H groups in total. The first kappa shape index (κ1) is 12.3. The van der Waals surface area contributed by atoms with E-state index in [0.29, 0.717) is 0 Å². The van der Waals surface area contributed by atoms with E-state index in [1.165, 1.54) is 21.2 Å². The highest BCUT2D eigenvalue weighted by molar-refractivity contribution is 7.09. The molecule has 1 heterocycles. The van der Waals surface area contributed by atoms with Crippen LogP contribution in [0.3, 0.4) is 0 Å². The van der Waals surface area contributed by atoms with Crippen molar-refractivity contribution < 1.29 is 0 Å². The molecule has 3 aromatic rings. The monoisotopic (exact) mass is 268 g/mol. The molecule has 0 spiro atoms. The van der Waals surface area contributed by atoms with E-state index in [9.17, 15) is 0 Å². The maximum atomic E-state index is 6.27. The lowest BCUT2D eigenvalue weighted by molar-refractivity contribution is 0.672. The molecule has 1 aromatic heterocycles. The lowest BCUT2D eigenvalue weighted by Crippen LogP contribution is -2.25. The molecule has 1 atom stereocenters. The molecule has 0 aliphatic heterocycles. The van der Waals surface area contributed by atoms with E-state index >= 15 is 0 Å². The Labute approximate surface area is 116 Å². The van der Waals surface area contributed by atoms with Crippen LogP contribution in [0.1, 0.15) is 10.4 Å². The van der Waals surface area contributed by atoms with Gasteiger partial charge in [-0.15, -0.1) is 11.3 Å². The van der Waals surface area contributed by atoms with Crippen LogP contribution in [0.4, 0.5) is 0 Å². The van der Waals surface area contributed by atoms with Crippen LogP contribution in [0.25, 0.3) is 10.8 Å². The van der Waals surface area contributed by atoms with Crippen molar-refractivity contribution >= 4 is 22.1 Å². The molecule has 0 saturated carbocycles. The second kappa shape index (κ2) is 5.51. The first-order valence-corrected chi connectivity index (χ1v) is 7.30. The third kappa shape index (κ3) is 2.83. The van der Waals surface area contributed by atoms with Crippen molar-refractivity contribution in [2.24, 2.45) is 5.73 Å². The summed E-state index contributed by atoms with van der Waals surface area (Å²) >= 11 is 1.67. The summed E-state index contributed by atoms with van der Waals surface area (Å²) in [4.78, 5) is 5.35. The largest absolute Gasteiger partial charge is 0.327 e. The third-order valence-corrected chi connectivity index (χ3v) is 4.11. The van der Waals surface area contributed by atoms with Gasteiger partial charge in [0.05, 0.1) is 5.51 Å². The van der Waals surface area contributed by atoms with Crippen LogP contribution in [0.15, 0.2) is 54.2 Å². The molecule has 0 radical (unpaired) electrons. The molecule has 0 amide bonds. The zero-order valence-electron chi connectivity index (χ0n) is 10.6. The van der Waals surface area contributed by atoms with Crippen LogP contribution < -0.4 is 5.73 Å². The smallest absolute Gasteiger partial charge is 0.0794 e. The van der Waals surface area contributed by atoms with Crippen molar-refractivity contribution in [3.05, 3.63) is 64.6 Å². The average Bonchev–Trinajstić information content (AvgIpc) is 2.92. The Balaban J connectivity index is 1.81. The normalized spacial score (nSPS) is 12.7. The Hall–Kier alpha value is -1.71. The number of nitrogens with two attached hydrogens (primary N) is 1. The minimum absolute atomic E-state index is 0.145. The summed E-state index contributed by atoms with van der Waals surface area (Å²) in [6.45, 7) is 0.